The number of ether oxygens (including phenoxy) is 1. The largest absolute Gasteiger partial charge is 0.497 e. The molecule has 0 bridgehead atoms. The number of nitrogens with zero attached hydrogens (tertiary/aromatic N) is 3. The number of benzene rings is 2. The van der Waals surface area contributed by atoms with Gasteiger partial charge in [0.15, 0.2) is 11.0 Å². The summed E-state index contributed by atoms with van der Waals surface area (Å²) in [5, 5.41) is 12.3. The van der Waals surface area contributed by atoms with Crippen LogP contribution in [0, 0.1) is 0 Å². The molecule has 0 saturated carbocycles. The van der Waals surface area contributed by atoms with Gasteiger partial charge in [-0.15, -0.1) is 10.2 Å². The van der Waals surface area contributed by atoms with Crippen molar-refractivity contribution in [2.45, 2.75) is 42.6 Å². The standard InChI is InChI=1S/C23H26N4O2S/c1-15(22(28)24-20-10-6-8-16-7-4-5-9-19(16)20)30-23-26-25-21(27(23)2)17-11-13-18(29-3)14-12-17/h4-5,7,9,11-15,20H,6,8,10H2,1-3H3,(H,24,28)/t15-,20+/m1/s1. The van der Waals surface area contributed by atoms with Gasteiger partial charge in [-0.1, -0.05) is 36.0 Å². The molecule has 3 aromatic rings. The highest BCUT2D eigenvalue weighted by atomic mass is 32.2. The Kier molecular flexibility index (Phi) is 6.08. The molecule has 0 radical (unpaired) electrons. The SMILES string of the molecule is COc1ccc(-c2nnc(S[C@H](C)C(=O)N[C@H]3CCCc4ccccc43)n2C)cc1. The van der Waals surface area contributed by atoms with Crippen LogP contribution in [0.5, 0.6) is 5.75 Å². The van der Waals surface area contributed by atoms with Crippen molar-refractivity contribution in [3.8, 4) is 17.1 Å². The Morgan fingerprint density at radius 3 is 2.73 bits per heavy atom. The van der Waals surface area contributed by atoms with Crippen LogP contribution in [0.25, 0.3) is 11.4 Å². The predicted molar refractivity (Wildman–Crippen MR) is 119 cm³/mol. The van der Waals surface area contributed by atoms with Crippen molar-refractivity contribution in [2.75, 3.05) is 7.11 Å². The lowest BCUT2D eigenvalue weighted by Gasteiger charge is -2.27. The van der Waals surface area contributed by atoms with Crippen LogP contribution in [0.15, 0.2) is 53.7 Å². The van der Waals surface area contributed by atoms with Crippen molar-refractivity contribution in [1.82, 2.24) is 20.1 Å². The number of amides is 1. The Balaban J connectivity index is 1.43. The second-order valence-electron chi connectivity index (χ2n) is 7.51. The fourth-order valence-corrected chi connectivity index (χ4v) is 4.64. The van der Waals surface area contributed by atoms with Crippen molar-refractivity contribution in [3.63, 3.8) is 0 Å². The molecule has 1 heterocycles. The van der Waals surface area contributed by atoms with Crippen molar-refractivity contribution in [1.29, 1.82) is 0 Å². The minimum absolute atomic E-state index is 0.0238. The van der Waals surface area contributed by atoms with Crippen LogP contribution in [-0.4, -0.2) is 33.0 Å². The summed E-state index contributed by atoms with van der Waals surface area (Å²) in [5.74, 6) is 1.58. The van der Waals surface area contributed by atoms with Crippen LogP contribution in [-0.2, 0) is 18.3 Å². The van der Waals surface area contributed by atoms with E-state index in [4.69, 9.17) is 4.74 Å². The van der Waals surface area contributed by atoms with E-state index in [0.717, 1.165) is 36.4 Å². The molecular formula is C23H26N4O2S. The first kappa shape index (κ1) is 20.5. The van der Waals surface area contributed by atoms with Gasteiger partial charge in [0, 0.05) is 12.6 Å². The van der Waals surface area contributed by atoms with E-state index < -0.39 is 0 Å². The van der Waals surface area contributed by atoms with Crippen molar-refractivity contribution >= 4 is 17.7 Å². The monoisotopic (exact) mass is 422 g/mol. The number of aryl methyl sites for hydroxylation is 1. The molecule has 1 aromatic heterocycles. The number of hydrogen-bond donors (Lipinski definition) is 1. The molecule has 4 rings (SSSR count). The van der Waals surface area contributed by atoms with E-state index in [1.54, 1.807) is 7.11 Å². The Bertz CT molecular complexity index is 1030. The van der Waals surface area contributed by atoms with Crippen molar-refractivity contribution in [3.05, 3.63) is 59.7 Å². The lowest BCUT2D eigenvalue weighted by molar-refractivity contribution is -0.121. The summed E-state index contributed by atoms with van der Waals surface area (Å²) in [5.41, 5.74) is 3.54. The molecule has 1 N–H and O–H groups in total. The Hall–Kier alpha value is -2.80. The van der Waals surface area contributed by atoms with Gasteiger partial charge in [0.05, 0.1) is 18.4 Å². The highest BCUT2D eigenvalue weighted by Gasteiger charge is 2.25. The molecule has 0 saturated heterocycles. The van der Waals surface area contributed by atoms with Crippen LogP contribution in [0.3, 0.4) is 0 Å². The van der Waals surface area contributed by atoms with Crippen molar-refractivity contribution < 1.29 is 9.53 Å². The molecular weight excluding hydrogens is 396 g/mol. The highest BCUT2D eigenvalue weighted by molar-refractivity contribution is 8.00. The Morgan fingerprint density at radius 1 is 1.20 bits per heavy atom. The summed E-state index contributed by atoms with van der Waals surface area (Å²) in [6.45, 7) is 1.91. The summed E-state index contributed by atoms with van der Waals surface area (Å²) >= 11 is 1.42. The second kappa shape index (κ2) is 8.92. The molecule has 0 spiro atoms. The number of carbonyl (C=O) groups excluding carboxylic acids is 1. The minimum Gasteiger partial charge on any atom is -0.497 e. The van der Waals surface area contributed by atoms with Crippen molar-refractivity contribution in [2.24, 2.45) is 7.05 Å². The van der Waals surface area contributed by atoms with Crippen LogP contribution in [0.1, 0.15) is 36.9 Å². The number of carbonyl (C=O) groups is 1. The van der Waals surface area contributed by atoms with E-state index in [2.05, 4.69) is 33.7 Å². The topological polar surface area (TPSA) is 69.0 Å². The van der Waals surface area contributed by atoms with E-state index in [1.807, 2.05) is 48.9 Å². The van der Waals surface area contributed by atoms with E-state index in [9.17, 15) is 4.79 Å². The van der Waals surface area contributed by atoms with Gasteiger partial charge in [-0.05, 0) is 61.6 Å². The van der Waals surface area contributed by atoms with Gasteiger partial charge in [0.2, 0.25) is 5.91 Å². The minimum atomic E-state index is -0.272. The number of rotatable bonds is 6. The quantitative estimate of drug-likeness (QED) is 0.604. The molecule has 7 heteroatoms. The van der Waals surface area contributed by atoms with Gasteiger partial charge in [-0.25, -0.2) is 0 Å². The third kappa shape index (κ3) is 4.21. The fourth-order valence-electron chi connectivity index (χ4n) is 3.81. The first-order valence-corrected chi connectivity index (χ1v) is 11.0. The first-order valence-electron chi connectivity index (χ1n) is 10.2. The van der Waals surface area contributed by atoms with Gasteiger partial charge in [-0.3, -0.25) is 4.79 Å². The summed E-state index contributed by atoms with van der Waals surface area (Å²) in [4.78, 5) is 12.9. The molecule has 0 unspecified atom stereocenters. The van der Waals surface area contributed by atoms with Crippen LogP contribution in [0.2, 0.25) is 0 Å². The highest BCUT2D eigenvalue weighted by Crippen LogP contribution is 2.31. The molecule has 6 nitrogen and oxygen atoms in total. The molecule has 2 aromatic carbocycles. The maximum absolute atomic E-state index is 12.9. The number of methoxy groups -OCH3 is 1. The first-order chi connectivity index (χ1) is 14.6. The normalized spacial score (nSPS) is 16.6. The van der Waals surface area contributed by atoms with Crippen LogP contribution in [0.4, 0.5) is 0 Å². The van der Waals surface area contributed by atoms with Gasteiger partial charge in [-0.2, -0.15) is 0 Å². The lowest BCUT2D eigenvalue weighted by atomic mass is 9.88. The summed E-state index contributed by atoms with van der Waals surface area (Å²) < 4.78 is 7.14. The summed E-state index contributed by atoms with van der Waals surface area (Å²) in [6.07, 6.45) is 3.16. The number of fused-ring (bicyclic) bond motifs is 1. The summed E-state index contributed by atoms with van der Waals surface area (Å²) in [6, 6.07) is 16.2. The lowest BCUT2D eigenvalue weighted by Crippen LogP contribution is -2.36. The van der Waals surface area contributed by atoms with E-state index in [1.165, 1.54) is 22.9 Å². The number of thioether (sulfide) groups is 1. The maximum Gasteiger partial charge on any atom is 0.233 e. The molecule has 1 aliphatic rings. The van der Waals surface area contributed by atoms with Crippen LogP contribution < -0.4 is 10.1 Å². The Morgan fingerprint density at radius 2 is 1.97 bits per heavy atom. The smallest absolute Gasteiger partial charge is 0.233 e. The fraction of sp³-hybridized carbons (Fsp3) is 0.348. The molecule has 1 amide bonds. The van der Waals surface area contributed by atoms with Crippen LogP contribution >= 0.6 is 11.8 Å². The third-order valence-electron chi connectivity index (χ3n) is 5.52. The zero-order valence-electron chi connectivity index (χ0n) is 17.5. The molecule has 2 atom stereocenters. The molecule has 1 aliphatic carbocycles. The number of aromatic nitrogens is 3. The summed E-state index contributed by atoms with van der Waals surface area (Å²) in [7, 11) is 3.56. The maximum atomic E-state index is 12.9. The zero-order chi connectivity index (χ0) is 21.1. The van der Waals surface area contributed by atoms with Gasteiger partial charge in [0.25, 0.3) is 0 Å². The molecule has 0 aliphatic heterocycles. The van der Waals surface area contributed by atoms with Gasteiger partial charge in [0.1, 0.15) is 5.75 Å². The zero-order valence-corrected chi connectivity index (χ0v) is 18.3. The van der Waals surface area contributed by atoms with E-state index in [-0.39, 0.29) is 17.2 Å². The third-order valence-corrected chi connectivity index (χ3v) is 6.65. The van der Waals surface area contributed by atoms with Gasteiger partial charge >= 0.3 is 0 Å². The number of hydrogen-bond acceptors (Lipinski definition) is 5. The van der Waals surface area contributed by atoms with Gasteiger partial charge < -0.3 is 14.6 Å². The molecule has 30 heavy (non-hydrogen) atoms. The Labute approximate surface area is 181 Å². The average molecular weight is 423 g/mol. The van der Waals surface area contributed by atoms with E-state index >= 15 is 0 Å². The van der Waals surface area contributed by atoms with E-state index in [0.29, 0.717) is 5.16 Å². The number of nitrogens with one attached hydrogen (secondary N) is 1. The average Bonchev–Trinajstić information content (AvgIpc) is 3.14. The molecule has 156 valence electrons. The second-order valence-corrected chi connectivity index (χ2v) is 8.81. The molecule has 0 fully saturated rings. The predicted octanol–water partition coefficient (Wildman–Crippen LogP) is 4.17.